The summed E-state index contributed by atoms with van der Waals surface area (Å²) in [5.41, 5.74) is 1.99. The molecule has 3 aromatic rings. The maximum Gasteiger partial charge on any atom is 0.255 e. The van der Waals surface area contributed by atoms with Crippen molar-refractivity contribution in [1.82, 2.24) is 10.1 Å². The smallest absolute Gasteiger partial charge is 0.255 e. The summed E-state index contributed by atoms with van der Waals surface area (Å²) in [5.74, 6) is 1.89. The lowest BCUT2D eigenvalue weighted by Crippen LogP contribution is -2.13. The summed E-state index contributed by atoms with van der Waals surface area (Å²) in [6.45, 7) is 1.76. The van der Waals surface area contributed by atoms with Crippen molar-refractivity contribution in [3.63, 3.8) is 0 Å². The minimum atomic E-state index is -0.267. The average Bonchev–Trinajstić information content (AvgIpc) is 3.07. The van der Waals surface area contributed by atoms with Crippen LogP contribution in [0.1, 0.15) is 27.6 Å². The number of rotatable bonds is 6. The lowest BCUT2D eigenvalue weighted by Gasteiger charge is -2.11. The van der Waals surface area contributed by atoms with Gasteiger partial charge in [0.15, 0.2) is 5.82 Å². The highest BCUT2D eigenvalue weighted by Gasteiger charge is 2.14. The van der Waals surface area contributed by atoms with Gasteiger partial charge >= 0.3 is 0 Å². The first-order valence-corrected chi connectivity index (χ1v) is 8.00. The summed E-state index contributed by atoms with van der Waals surface area (Å²) in [7, 11) is 3.08. The van der Waals surface area contributed by atoms with Gasteiger partial charge in [-0.25, -0.2) is 0 Å². The quantitative estimate of drug-likeness (QED) is 0.732. The normalized spacial score (nSPS) is 10.4. The van der Waals surface area contributed by atoms with Gasteiger partial charge in [0, 0.05) is 17.3 Å². The van der Waals surface area contributed by atoms with Crippen LogP contribution in [0.2, 0.25) is 0 Å². The van der Waals surface area contributed by atoms with E-state index < -0.39 is 0 Å². The summed E-state index contributed by atoms with van der Waals surface area (Å²) >= 11 is 0. The number of aryl methyl sites for hydroxylation is 1. The molecular weight excluding hydrogens is 334 g/mol. The van der Waals surface area contributed by atoms with E-state index in [2.05, 4.69) is 15.5 Å². The Bertz CT molecular complexity index is 898. The Morgan fingerprint density at radius 3 is 2.42 bits per heavy atom. The van der Waals surface area contributed by atoms with Gasteiger partial charge in [-0.05, 0) is 30.7 Å². The Labute approximate surface area is 150 Å². The standard InChI is InChI=1S/C19H19N3O4/c1-12-20-18(26-22-12)10-13-6-4-5-7-17(13)21-19(23)14-8-15(24-2)11-16(9-14)25-3/h4-9,11H,10H2,1-3H3,(H,21,23). The molecule has 2 aromatic carbocycles. The van der Waals surface area contributed by atoms with E-state index in [0.29, 0.717) is 40.9 Å². The van der Waals surface area contributed by atoms with Crippen LogP contribution in [0, 0.1) is 6.92 Å². The molecule has 7 nitrogen and oxygen atoms in total. The fourth-order valence-corrected chi connectivity index (χ4v) is 2.50. The Morgan fingerprint density at radius 1 is 1.12 bits per heavy atom. The highest BCUT2D eigenvalue weighted by atomic mass is 16.5. The fraction of sp³-hybridized carbons (Fsp3) is 0.211. The summed E-state index contributed by atoms with van der Waals surface area (Å²) in [6.07, 6.45) is 0.429. The van der Waals surface area contributed by atoms with E-state index in [-0.39, 0.29) is 5.91 Å². The Morgan fingerprint density at radius 2 is 1.81 bits per heavy atom. The zero-order valence-corrected chi connectivity index (χ0v) is 14.8. The zero-order chi connectivity index (χ0) is 18.5. The molecule has 0 radical (unpaired) electrons. The minimum Gasteiger partial charge on any atom is -0.497 e. The van der Waals surface area contributed by atoms with Crippen LogP contribution in [0.25, 0.3) is 0 Å². The van der Waals surface area contributed by atoms with Crippen LogP contribution in [0.15, 0.2) is 47.0 Å². The van der Waals surface area contributed by atoms with Gasteiger partial charge < -0.3 is 19.3 Å². The van der Waals surface area contributed by atoms with Gasteiger partial charge in [0.1, 0.15) is 11.5 Å². The van der Waals surface area contributed by atoms with Crippen molar-refractivity contribution in [2.75, 3.05) is 19.5 Å². The lowest BCUT2D eigenvalue weighted by atomic mass is 10.1. The first kappa shape index (κ1) is 17.5. The second kappa shape index (κ2) is 7.69. The van der Waals surface area contributed by atoms with E-state index in [4.69, 9.17) is 14.0 Å². The predicted molar refractivity (Wildman–Crippen MR) is 95.8 cm³/mol. The summed E-state index contributed by atoms with van der Waals surface area (Å²) in [5, 5.41) is 6.70. The largest absolute Gasteiger partial charge is 0.497 e. The number of benzene rings is 2. The van der Waals surface area contributed by atoms with Gasteiger partial charge in [0.05, 0.1) is 20.6 Å². The molecule has 134 valence electrons. The number of ether oxygens (including phenoxy) is 2. The molecule has 0 aliphatic heterocycles. The molecule has 26 heavy (non-hydrogen) atoms. The molecule has 7 heteroatoms. The number of anilines is 1. The third-order valence-corrected chi connectivity index (χ3v) is 3.79. The van der Waals surface area contributed by atoms with Crippen molar-refractivity contribution in [2.24, 2.45) is 0 Å². The average molecular weight is 353 g/mol. The predicted octanol–water partition coefficient (Wildman–Crippen LogP) is 3.24. The SMILES string of the molecule is COc1cc(OC)cc(C(=O)Nc2ccccc2Cc2nc(C)no2)c1. The number of carbonyl (C=O) groups is 1. The number of methoxy groups -OCH3 is 2. The minimum absolute atomic E-state index is 0.267. The van der Waals surface area contributed by atoms with E-state index in [1.807, 2.05) is 24.3 Å². The Hall–Kier alpha value is -3.35. The first-order valence-electron chi connectivity index (χ1n) is 8.00. The molecule has 0 unspecified atom stereocenters. The van der Waals surface area contributed by atoms with Gasteiger partial charge in [-0.1, -0.05) is 23.4 Å². The van der Waals surface area contributed by atoms with Crippen LogP contribution >= 0.6 is 0 Å². The Kier molecular flexibility index (Phi) is 5.17. The van der Waals surface area contributed by atoms with Crippen molar-refractivity contribution < 1.29 is 18.8 Å². The molecule has 0 atom stereocenters. The van der Waals surface area contributed by atoms with Gasteiger partial charge in [-0.2, -0.15) is 4.98 Å². The molecular formula is C19H19N3O4. The summed E-state index contributed by atoms with van der Waals surface area (Å²) < 4.78 is 15.6. The van der Waals surface area contributed by atoms with Crippen LogP contribution in [-0.4, -0.2) is 30.3 Å². The van der Waals surface area contributed by atoms with Gasteiger partial charge in [-0.3, -0.25) is 4.79 Å². The number of amides is 1. The molecule has 1 heterocycles. The van der Waals surface area contributed by atoms with Gasteiger partial charge in [0.25, 0.3) is 5.91 Å². The molecule has 1 N–H and O–H groups in total. The molecule has 3 rings (SSSR count). The van der Waals surface area contributed by atoms with Crippen molar-refractivity contribution in [3.8, 4) is 11.5 Å². The van der Waals surface area contributed by atoms with Crippen LogP contribution in [0.4, 0.5) is 5.69 Å². The van der Waals surface area contributed by atoms with Gasteiger partial charge in [-0.15, -0.1) is 0 Å². The lowest BCUT2D eigenvalue weighted by molar-refractivity contribution is 0.102. The molecule has 0 saturated carbocycles. The second-order valence-corrected chi connectivity index (χ2v) is 5.62. The summed E-state index contributed by atoms with van der Waals surface area (Å²) in [6, 6.07) is 12.5. The van der Waals surface area contributed by atoms with Crippen LogP contribution in [-0.2, 0) is 6.42 Å². The third kappa shape index (κ3) is 4.00. The van der Waals surface area contributed by atoms with Crippen molar-refractivity contribution in [2.45, 2.75) is 13.3 Å². The van der Waals surface area contributed by atoms with Gasteiger partial charge in [0.2, 0.25) is 5.89 Å². The number of carbonyl (C=O) groups excluding carboxylic acids is 1. The van der Waals surface area contributed by atoms with Crippen molar-refractivity contribution >= 4 is 11.6 Å². The van der Waals surface area contributed by atoms with Crippen LogP contribution in [0.3, 0.4) is 0 Å². The summed E-state index contributed by atoms with van der Waals surface area (Å²) in [4.78, 5) is 16.9. The molecule has 0 spiro atoms. The van der Waals surface area contributed by atoms with E-state index in [1.165, 1.54) is 14.2 Å². The van der Waals surface area contributed by atoms with E-state index in [0.717, 1.165) is 5.56 Å². The van der Waals surface area contributed by atoms with Crippen molar-refractivity contribution in [1.29, 1.82) is 0 Å². The second-order valence-electron chi connectivity index (χ2n) is 5.62. The molecule has 0 aliphatic carbocycles. The fourth-order valence-electron chi connectivity index (χ4n) is 2.50. The zero-order valence-electron chi connectivity index (χ0n) is 14.8. The molecule has 1 aromatic heterocycles. The molecule has 0 aliphatic rings. The molecule has 1 amide bonds. The van der Waals surface area contributed by atoms with Crippen molar-refractivity contribution in [3.05, 3.63) is 65.3 Å². The number of hydrogen-bond acceptors (Lipinski definition) is 6. The molecule has 0 fully saturated rings. The van der Waals surface area contributed by atoms with E-state index >= 15 is 0 Å². The highest BCUT2D eigenvalue weighted by molar-refractivity contribution is 6.05. The topological polar surface area (TPSA) is 86.5 Å². The third-order valence-electron chi connectivity index (χ3n) is 3.79. The van der Waals surface area contributed by atoms with Crippen LogP contribution < -0.4 is 14.8 Å². The maximum atomic E-state index is 12.7. The molecule has 0 bridgehead atoms. The number of nitrogens with one attached hydrogen (secondary N) is 1. The van der Waals surface area contributed by atoms with E-state index in [9.17, 15) is 4.79 Å². The molecule has 0 saturated heterocycles. The maximum absolute atomic E-state index is 12.7. The van der Waals surface area contributed by atoms with E-state index in [1.54, 1.807) is 25.1 Å². The van der Waals surface area contributed by atoms with Crippen LogP contribution in [0.5, 0.6) is 11.5 Å². The Balaban J connectivity index is 1.84. The number of nitrogens with zero attached hydrogens (tertiary/aromatic N) is 2. The first-order chi connectivity index (χ1) is 12.6. The monoisotopic (exact) mass is 353 g/mol. The highest BCUT2D eigenvalue weighted by Crippen LogP contribution is 2.24. The number of para-hydroxylation sites is 1. The number of aromatic nitrogens is 2. The number of hydrogen-bond donors (Lipinski definition) is 1.